The number of ether oxygens (including phenoxy) is 1. The second kappa shape index (κ2) is 9.48. The number of nitriles is 2. The average molecular weight is 320 g/mol. The van der Waals surface area contributed by atoms with Gasteiger partial charge in [-0.3, -0.25) is 9.59 Å². The zero-order valence-electron chi connectivity index (χ0n) is 12.2. The first-order valence-electron chi connectivity index (χ1n) is 6.65. The number of carbonyl (C=O) groups is 2. The third-order valence-electron chi connectivity index (χ3n) is 2.69. The van der Waals surface area contributed by atoms with Crippen molar-refractivity contribution in [1.82, 2.24) is 9.88 Å². The summed E-state index contributed by atoms with van der Waals surface area (Å²) in [6.45, 7) is 1.89. The van der Waals surface area contributed by atoms with Crippen molar-refractivity contribution in [2.75, 3.05) is 19.7 Å². The number of thiazole rings is 1. The Hall–Kier alpha value is -2.45. The van der Waals surface area contributed by atoms with Gasteiger partial charge in [-0.05, 0) is 6.92 Å². The molecule has 7 nitrogen and oxygen atoms in total. The number of nitrogens with zero attached hydrogens (tertiary/aromatic N) is 4. The Balaban J connectivity index is 2.42. The van der Waals surface area contributed by atoms with E-state index in [0.717, 1.165) is 5.01 Å². The minimum atomic E-state index is -0.529. The maximum absolute atomic E-state index is 11.9. The topological polar surface area (TPSA) is 107 Å². The Morgan fingerprint density at radius 3 is 2.45 bits per heavy atom. The van der Waals surface area contributed by atoms with E-state index in [1.165, 1.54) is 16.2 Å². The Kier molecular flexibility index (Phi) is 7.58. The molecule has 0 unspecified atom stereocenters. The molecular formula is C14H16N4O3S. The van der Waals surface area contributed by atoms with Crippen LogP contribution in [-0.4, -0.2) is 41.5 Å². The van der Waals surface area contributed by atoms with Crippen molar-refractivity contribution in [2.45, 2.75) is 26.2 Å². The lowest BCUT2D eigenvalue weighted by molar-refractivity contribution is -0.151. The average Bonchev–Trinajstić information content (AvgIpc) is 2.90. The van der Waals surface area contributed by atoms with Crippen LogP contribution in [-0.2, 0) is 20.7 Å². The molecule has 0 saturated heterocycles. The van der Waals surface area contributed by atoms with Crippen LogP contribution in [0.25, 0.3) is 0 Å². The summed E-state index contributed by atoms with van der Waals surface area (Å²) >= 11 is 1.44. The van der Waals surface area contributed by atoms with E-state index < -0.39 is 18.5 Å². The minimum Gasteiger partial charge on any atom is -0.455 e. The number of esters is 1. The number of carbonyl (C=O) groups excluding carboxylic acids is 2. The summed E-state index contributed by atoms with van der Waals surface area (Å²) in [6.07, 6.45) is 0.362. The lowest BCUT2D eigenvalue weighted by Gasteiger charge is -2.19. The van der Waals surface area contributed by atoms with E-state index >= 15 is 0 Å². The van der Waals surface area contributed by atoms with Gasteiger partial charge in [-0.25, -0.2) is 4.98 Å². The van der Waals surface area contributed by atoms with E-state index in [4.69, 9.17) is 15.3 Å². The fraction of sp³-hybridized carbons (Fsp3) is 0.500. The van der Waals surface area contributed by atoms with Crippen LogP contribution in [0.3, 0.4) is 0 Å². The SMILES string of the molecule is Cc1nc(CC(=O)OCC(=O)N(CCC#N)CCC#N)cs1. The number of hydrogen-bond acceptors (Lipinski definition) is 7. The molecule has 0 fully saturated rings. The fourth-order valence-electron chi connectivity index (χ4n) is 1.65. The fourth-order valence-corrected chi connectivity index (χ4v) is 2.27. The molecule has 0 saturated carbocycles. The molecule has 1 heterocycles. The van der Waals surface area contributed by atoms with E-state index in [1.54, 1.807) is 5.38 Å². The molecule has 0 spiro atoms. The highest BCUT2D eigenvalue weighted by Gasteiger charge is 2.16. The molecule has 1 amide bonds. The van der Waals surface area contributed by atoms with Gasteiger partial charge in [-0.2, -0.15) is 10.5 Å². The number of aromatic nitrogens is 1. The number of hydrogen-bond donors (Lipinski definition) is 0. The second-order valence-electron chi connectivity index (χ2n) is 4.39. The van der Waals surface area contributed by atoms with Gasteiger partial charge in [-0.15, -0.1) is 11.3 Å². The van der Waals surface area contributed by atoms with Crippen molar-refractivity contribution in [1.29, 1.82) is 10.5 Å². The molecule has 1 aromatic heterocycles. The molecule has 1 aromatic rings. The molecule has 0 bridgehead atoms. The summed E-state index contributed by atoms with van der Waals surface area (Å²) in [7, 11) is 0. The molecule has 0 aliphatic heterocycles. The molecule has 0 aliphatic carbocycles. The van der Waals surface area contributed by atoms with Crippen LogP contribution in [0.4, 0.5) is 0 Å². The largest absolute Gasteiger partial charge is 0.455 e. The maximum atomic E-state index is 11.9. The molecule has 0 aromatic carbocycles. The molecule has 8 heteroatoms. The number of aryl methyl sites for hydroxylation is 1. The monoisotopic (exact) mass is 320 g/mol. The normalized spacial score (nSPS) is 9.59. The number of rotatable bonds is 8. The number of amides is 1. The highest BCUT2D eigenvalue weighted by molar-refractivity contribution is 7.09. The quantitative estimate of drug-likeness (QED) is 0.666. The molecular weight excluding hydrogens is 304 g/mol. The van der Waals surface area contributed by atoms with Crippen molar-refractivity contribution >= 4 is 23.2 Å². The third kappa shape index (κ3) is 6.33. The van der Waals surface area contributed by atoms with Gasteiger partial charge in [-0.1, -0.05) is 0 Å². The van der Waals surface area contributed by atoms with Gasteiger partial charge in [0.1, 0.15) is 0 Å². The molecule has 1 rings (SSSR count). The van der Waals surface area contributed by atoms with E-state index in [2.05, 4.69) is 4.98 Å². The summed E-state index contributed by atoms with van der Waals surface area (Å²) in [4.78, 5) is 29.1. The van der Waals surface area contributed by atoms with Crippen molar-refractivity contribution in [3.8, 4) is 12.1 Å². The van der Waals surface area contributed by atoms with Crippen molar-refractivity contribution < 1.29 is 14.3 Å². The highest BCUT2D eigenvalue weighted by atomic mass is 32.1. The molecule has 0 aliphatic rings. The highest BCUT2D eigenvalue weighted by Crippen LogP contribution is 2.09. The third-order valence-corrected chi connectivity index (χ3v) is 3.51. The van der Waals surface area contributed by atoms with Crippen LogP contribution in [0.2, 0.25) is 0 Å². The van der Waals surface area contributed by atoms with E-state index in [1.807, 2.05) is 19.1 Å². The first kappa shape index (κ1) is 17.6. The van der Waals surface area contributed by atoms with Gasteiger partial charge < -0.3 is 9.64 Å². The predicted molar refractivity (Wildman–Crippen MR) is 78.6 cm³/mol. The standard InChI is InChI=1S/C14H16N4O3S/c1-11-17-12(10-22-11)8-14(20)21-9-13(19)18(6-2-4-15)7-3-5-16/h10H,2-3,6-9H2,1H3. The van der Waals surface area contributed by atoms with Crippen molar-refractivity contribution in [3.05, 3.63) is 16.1 Å². The van der Waals surface area contributed by atoms with Gasteiger partial charge >= 0.3 is 5.97 Å². The van der Waals surface area contributed by atoms with Crippen LogP contribution in [0.15, 0.2) is 5.38 Å². The van der Waals surface area contributed by atoms with Gasteiger partial charge in [0, 0.05) is 18.5 Å². The van der Waals surface area contributed by atoms with Gasteiger partial charge in [0.05, 0.1) is 42.1 Å². The predicted octanol–water partition coefficient (Wildman–Crippen LogP) is 1.19. The van der Waals surface area contributed by atoms with E-state index in [-0.39, 0.29) is 32.4 Å². The van der Waals surface area contributed by atoms with Crippen molar-refractivity contribution in [2.24, 2.45) is 0 Å². The molecule has 22 heavy (non-hydrogen) atoms. The van der Waals surface area contributed by atoms with Crippen LogP contribution >= 0.6 is 11.3 Å². The molecule has 0 atom stereocenters. The smallest absolute Gasteiger partial charge is 0.312 e. The molecule has 0 radical (unpaired) electrons. The van der Waals surface area contributed by atoms with Gasteiger partial charge in [0.25, 0.3) is 5.91 Å². The van der Waals surface area contributed by atoms with Gasteiger partial charge in [0.2, 0.25) is 0 Å². The molecule has 0 N–H and O–H groups in total. The maximum Gasteiger partial charge on any atom is 0.312 e. The second-order valence-corrected chi connectivity index (χ2v) is 5.45. The summed E-state index contributed by atoms with van der Waals surface area (Å²) in [5.41, 5.74) is 0.616. The zero-order chi connectivity index (χ0) is 16.4. The van der Waals surface area contributed by atoms with Crippen LogP contribution in [0.5, 0.6) is 0 Å². The Morgan fingerprint density at radius 2 is 1.95 bits per heavy atom. The van der Waals surface area contributed by atoms with Gasteiger partial charge in [0.15, 0.2) is 6.61 Å². The summed E-state index contributed by atoms with van der Waals surface area (Å²) in [5, 5.41) is 19.8. The lowest BCUT2D eigenvalue weighted by Crippen LogP contribution is -2.36. The first-order valence-corrected chi connectivity index (χ1v) is 7.53. The van der Waals surface area contributed by atoms with Crippen molar-refractivity contribution in [3.63, 3.8) is 0 Å². The Bertz CT molecular complexity index is 582. The summed E-state index contributed by atoms with van der Waals surface area (Å²) < 4.78 is 4.93. The Morgan fingerprint density at radius 1 is 1.32 bits per heavy atom. The van der Waals surface area contributed by atoms with Crippen LogP contribution in [0.1, 0.15) is 23.5 Å². The lowest BCUT2D eigenvalue weighted by atomic mass is 10.3. The zero-order valence-corrected chi connectivity index (χ0v) is 13.1. The first-order chi connectivity index (χ1) is 10.6. The summed E-state index contributed by atoms with van der Waals surface area (Å²) in [5.74, 6) is -0.938. The molecule has 116 valence electrons. The summed E-state index contributed by atoms with van der Waals surface area (Å²) in [6, 6.07) is 3.88. The Labute approximate surface area is 132 Å². The van der Waals surface area contributed by atoms with E-state index in [9.17, 15) is 9.59 Å². The van der Waals surface area contributed by atoms with E-state index in [0.29, 0.717) is 5.69 Å². The van der Waals surface area contributed by atoms with Crippen LogP contribution < -0.4 is 0 Å². The minimum absolute atomic E-state index is 0.0218. The van der Waals surface area contributed by atoms with Crippen LogP contribution in [0, 0.1) is 29.6 Å².